The monoisotopic (exact) mass is 320 g/mol. The Balaban J connectivity index is 2.20. The van der Waals surface area contributed by atoms with Gasteiger partial charge in [-0.05, 0) is 43.2 Å². The predicted molar refractivity (Wildman–Crippen MR) is 90.3 cm³/mol. The fourth-order valence-electron chi connectivity index (χ4n) is 2.20. The molecule has 1 aromatic rings. The number of carbonyl (C=O) groups is 2. The number of ether oxygens (including phenoxy) is 2. The van der Waals surface area contributed by atoms with Crippen molar-refractivity contribution in [3.8, 4) is 5.75 Å². The maximum Gasteiger partial charge on any atom is 0.311 e. The minimum atomic E-state index is -0.307. The maximum atomic E-state index is 11.8. The van der Waals surface area contributed by atoms with Gasteiger partial charge in [0.05, 0.1) is 6.61 Å². The fraction of sp³-hybridized carbons (Fsp3) is 0.579. The number of esters is 2. The molecule has 0 heterocycles. The zero-order chi connectivity index (χ0) is 17.1. The Labute approximate surface area is 139 Å². The molecule has 0 amide bonds. The second-order valence-corrected chi connectivity index (χ2v) is 6.05. The van der Waals surface area contributed by atoms with Crippen molar-refractivity contribution in [3.63, 3.8) is 0 Å². The molecule has 0 spiro atoms. The number of carbonyl (C=O) groups excluding carboxylic acids is 2. The lowest BCUT2D eigenvalue weighted by Gasteiger charge is -2.08. The van der Waals surface area contributed by atoms with Gasteiger partial charge < -0.3 is 9.47 Å². The first-order valence-electron chi connectivity index (χ1n) is 8.47. The molecule has 128 valence electrons. The molecule has 0 saturated heterocycles. The summed E-state index contributed by atoms with van der Waals surface area (Å²) in [4.78, 5) is 23.4. The molecule has 0 bridgehead atoms. The van der Waals surface area contributed by atoms with Gasteiger partial charge in [-0.3, -0.25) is 9.59 Å². The third kappa shape index (κ3) is 8.38. The molecule has 0 aliphatic heterocycles. The van der Waals surface area contributed by atoms with E-state index in [1.165, 1.54) is 0 Å². The van der Waals surface area contributed by atoms with E-state index in [1.54, 1.807) is 6.07 Å². The van der Waals surface area contributed by atoms with Crippen molar-refractivity contribution in [1.29, 1.82) is 0 Å². The molecule has 1 aromatic carbocycles. The zero-order valence-corrected chi connectivity index (χ0v) is 14.5. The molecule has 0 atom stereocenters. The number of para-hydroxylation sites is 1. The summed E-state index contributed by atoms with van der Waals surface area (Å²) in [6, 6.07) is 7.50. The van der Waals surface area contributed by atoms with Crippen LogP contribution in [0.3, 0.4) is 0 Å². The number of rotatable bonds is 10. The maximum absolute atomic E-state index is 11.8. The third-order valence-corrected chi connectivity index (χ3v) is 3.53. The summed E-state index contributed by atoms with van der Waals surface area (Å²) < 4.78 is 10.5. The van der Waals surface area contributed by atoms with Crippen LogP contribution in [0.5, 0.6) is 5.75 Å². The number of benzene rings is 1. The van der Waals surface area contributed by atoms with E-state index in [0.29, 0.717) is 24.7 Å². The lowest BCUT2D eigenvalue weighted by Crippen LogP contribution is -2.11. The van der Waals surface area contributed by atoms with Crippen LogP contribution in [0.2, 0.25) is 0 Å². The summed E-state index contributed by atoms with van der Waals surface area (Å²) in [5, 5.41) is 0. The zero-order valence-electron chi connectivity index (χ0n) is 14.5. The largest absolute Gasteiger partial charge is 0.466 e. The van der Waals surface area contributed by atoms with Crippen LogP contribution in [0.15, 0.2) is 24.3 Å². The van der Waals surface area contributed by atoms with Gasteiger partial charge >= 0.3 is 11.9 Å². The van der Waals surface area contributed by atoms with E-state index >= 15 is 0 Å². The molecular weight excluding hydrogens is 292 g/mol. The van der Waals surface area contributed by atoms with Crippen molar-refractivity contribution in [3.05, 3.63) is 29.8 Å². The van der Waals surface area contributed by atoms with Gasteiger partial charge in [0.2, 0.25) is 0 Å². The van der Waals surface area contributed by atoms with E-state index in [1.807, 2.05) is 25.1 Å². The average Bonchev–Trinajstić information content (AvgIpc) is 2.52. The van der Waals surface area contributed by atoms with E-state index < -0.39 is 0 Å². The Hall–Kier alpha value is -1.84. The summed E-state index contributed by atoms with van der Waals surface area (Å²) in [6.07, 6.45) is 3.68. The van der Waals surface area contributed by atoms with Gasteiger partial charge in [-0.1, -0.05) is 39.0 Å². The first kappa shape index (κ1) is 19.2. The highest BCUT2D eigenvalue weighted by Crippen LogP contribution is 2.19. The van der Waals surface area contributed by atoms with Gasteiger partial charge in [0.1, 0.15) is 5.75 Å². The molecule has 23 heavy (non-hydrogen) atoms. The Morgan fingerprint density at radius 2 is 1.74 bits per heavy atom. The van der Waals surface area contributed by atoms with Crippen LogP contribution in [0, 0.1) is 5.92 Å². The lowest BCUT2D eigenvalue weighted by molar-refractivity contribution is -0.144. The average molecular weight is 320 g/mol. The van der Waals surface area contributed by atoms with Gasteiger partial charge in [0.25, 0.3) is 0 Å². The van der Waals surface area contributed by atoms with Gasteiger partial charge in [0, 0.05) is 12.8 Å². The van der Waals surface area contributed by atoms with Crippen molar-refractivity contribution < 1.29 is 19.1 Å². The molecule has 0 N–H and O–H groups in total. The minimum Gasteiger partial charge on any atom is -0.466 e. The SMILES string of the molecule is CCc1ccccc1OC(=O)CCCC(=O)OCCCC(C)C. The first-order valence-corrected chi connectivity index (χ1v) is 8.47. The Morgan fingerprint density at radius 1 is 1.04 bits per heavy atom. The summed E-state index contributed by atoms with van der Waals surface area (Å²) >= 11 is 0. The Morgan fingerprint density at radius 3 is 2.43 bits per heavy atom. The topological polar surface area (TPSA) is 52.6 Å². The summed E-state index contributed by atoms with van der Waals surface area (Å²) in [5.74, 6) is 0.680. The molecule has 4 heteroatoms. The van der Waals surface area contributed by atoms with Crippen LogP contribution in [-0.2, 0) is 20.7 Å². The van der Waals surface area contributed by atoms with E-state index in [4.69, 9.17) is 9.47 Å². The first-order chi connectivity index (χ1) is 11.0. The molecule has 0 radical (unpaired) electrons. The molecular formula is C19H28O4. The summed E-state index contributed by atoms with van der Waals surface area (Å²) in [5.41, 5.74) is 1.01. The quantitative estimate of drug-likeness (QED) is 0.366. The van der Waals surface area contributed by atoms with Crippen LogP contribution in [0.25, 0.3) is 0 Å². The molecule has 0 fully saturated rings. The van der Waals surface area contributed by atoms with E-state index in [2.05, 4.69) is 13.8 Å². The molecule has 0 aromatic heterocycles. The van der Waals surface area contributed by atoms with Crippen molar-refractivity contribution in [2.45, 2.75) is 59.3 Å². The second kappa shape index (κ2) is 10.8. The fourth-order valence-corrected chi connectivity index (χ4v) is 2.20. The number of hydrogen-bond acceptors (Lipinski definition) is 4. The normalized spacial score (nSPS) is 10.6. The molecule has 0 aliphatic rings. The smallest absolute Gasteiger partial charge is 0.311 e. The minimum absolute atomic E-state index is 0.221. The van der Waals surface area contributed by atoms with Crippen molar-refractivity contribution in [1.82, 2.24) is 0 Å². The van der Waals surface area contributed by atoms with Gasteiger partial charge in [-0.2, -0.15) is 0 Å². The van der Waals surface area contributed by atoms with Crippen molar-refractivity contribution in [2.75, 3.05) is 6.61 Å². The van der Waals surface area contributed by atoms with Crippen LogP contribution >= 0.6 is 0 Å². The number of hydrogen-bond donors (Lipinski definition) is 0. The molecule has 0 aliphatic carbocycles. The molecule has 0 unspecified atom stereocenters. The standard InChI is InChI=1S/C19H28O4/c1-4-16-10-5-6-11-17(16)23-19(21)13-7-12-18(20)22-14-8-9-15(2)3/h5-6,10-11,15H,4,7-9,12-14H2,1-3H3. The molecule has 1 rings (SSSR count). The van der Waals surface area contributed by atoms with Crippen molar-refractivity contribution in [2.24, 2.45) is 5.92 Å². The van der Waals surface area contributed by atoms with Crippen LogP contribution in [0.1, 0.15) is 58.4 Å². The number of aryl methyl sites for hydroxylation is 1. The Bertz CT molecular complexity index is 494. The summed E-state index contributed by atoms with van der Waals surface area (Å²) in [6.45, 7) is 6.77. The van der Waals surface area contributed by atoms with Gasteiger partial charge in [-0.25, -0.2) is 0 Å². The highest BCUT2D eigenvalue weighted by Gasteiger charge is 2.10. The van der Waals surface area contributed by atoms with Crippen LogP contribution < -0.4 is 4.74 Å². The van der Waals surface area contributed by atoms with E-state index in [9.17, 15) is 9.59 Å². The predicted octanol–water partition coefficient (Wildman–Crippen LogP) is 4.30. The van der Waals surface area contributed by atoms with E-state index in [0.717, 1.165) is 24.8 Å². The highest BCUT2D eigenvalue weighted by atomic mass is 16.5. The molecule has 4 nitrogen and oxygen atoms in total. The van der Waals surface area contributed by atoms with Crippen LogP contribution in [0.4, 0.5) is 0 Å². The lowest BCUT2D eigenvalue weighted by atomic mass is 10.1. The third-order valence-electron chi connectivity index (χ3n) is 3.53. The van der Waals surface area contributed by atoms with Crippen LogP contribution in [-0.4, -0.2) is 18.5 Å². The van der Waals surface area contributed by atoms with Gasteiger partial charge in [0.15, 0.2) is 0 Å². The van der Waals surface area contributed by atoms with Crippen molar-refractivity contribution >= 4 is 11.9 Å². The molecule has 0 saturated carbocycles. The van der Waals surface area contributed by atoms with E-state index in [-0.39, 0.29) is 24.8 Å². The summed E-state index contributed by atoms with van der Waals surface area (Å²) in [7, 11) is 0. The van der Waals surface area contributed by atoms with Gasteiger partial charge in [-0.15, -0.1) is 0 Å². The highest BCUT2D eigenvalue weighted by molar-refractivity contribution is 5.74. The second-order valence-electron chi connectivity index (χ2n) is 6.05. The Kier molecular flexibility index (Phi) is 9.03.